The molecule has 0 saturated carbocycles. The summed E-state index contributed by atoms with van der Waals surface area (Å²) >= 11 is 0. The number of hydrogen-bond donors (Lipinski definition) is 2. The van der Waals surface area contributed by atoms with Crippen LogP contribution in [-0.4, -0.2) is 58.5 Å². The molecular weight excluding hydrogens is 354 g/mol. The van der Waals surface area contributed by atoms with Gasteiger partial charge in [-0.3, -0.25) is 14.6 Å². The average Bonchev–Trinajstić information content (AvgIpc) is 2.68. The first-order valence-corrected chi connectivity index (χ1v) is 9.56. The minimum atomic E-state index is -0.938. The van der Waals surface area contributed by atoms with Crippen LogP contribution in [-0.2, 0) is 11.3 Å². The van der Waals surface area contributed by atoms with Crippen molar-refractivity contribution in [3.8, 4) is 11.1 Å². The predicted octanol–water partition coefficient (Wildman–Crippen LogP) is 2.43. The molecule has 0 radical (unpaired) electrons. The van der Waals surface area contributed by atoms with Crippen molar-refractivity contribution in [3.05, 3.63) is 59.7 Å². The Bertz CT molecular complexity index is 848. The van der Waals surface area contributed by atoms with Gasteiger partial charge in [0.25, 0.3) is 0 Å². The molecule has 6 nitrogen and oxygen atoms in total. The molecule has 148 valence electrons. The van der Waals surface area contributed by atoms with E-state index in [0.29, 0.717) is 24.7 Å². The van der Waals surface area contributed by atoms with Crippen molar-refractivity contribution in [1.29, 1.82) is 0 Å². The van der Waals surface area contributed by atoms with Crippen LogP contribution >= 0.6 is 0 Å². The predicted molar refractivity (Wildman–Crippen MR) is 109 cm³/mol. The molecule has 0 spiro atoms. The van der Waals surface area contributed by atoms with Crippen LogP contribution in [0.25, 0.3) is 11.1 Å². The Hall–Kier alpha value is -2.70. The van der Waals surface area contributed by atoms with E-state index in [0.717, 1.165) is 24.2 Å². The molecular formula is C22H27N3O3. The zero-order valence-corrected chi connectivity index (χ0v) is 16.3. The first kappa shape index (κ1) is 20.0. The highest BCUT2D eigenvalue weighted by atomic mass is 16.4. The van der Waals surface area contributed by atoms with Gasteiger partial charge in [-0.05, 0) is 36.6 Å². The number of amides is 1. The van der Waals surface area contributed by atoms with Gasteiger partial charge in [0.15, 0.2) is 0 Å². The third-order valence-electron chi connectivity index (χ3n) is 5.39. The number of benzene rings is 2. The molecule has 2 aromatic rings. The maximum atomic E-state index is 12.0. The van der Waals surface area contributed by atoms with Crippen molar-refractivity contribution in [2.75, 3.05) is 19.6 Å². The monoisotopic (exact) mass is 381 g/mol. The van der Waals surface area contributed by atoms with Gasteiger partial charge < -0.3 is 10.8 Å². The lowest BCUT2D eigenvalue weighted by molar-refractivity contribution is -0.126. The first-order valence-electron chi connectivity index (χ1n) is 9.56. The van der Waals surface area contributed by atoms with Crippen LogP contribution in [0.4, 0.5) is 0 Å². The fourth-order valence-corrected chi connectivity index (χ4v) is 3.72. The lowest BCUT2D eigenvalue weighted by Crippen LogP contribution is -2.58. The number of hydrogen-bond acceptors (Lipinski definition) is 4. The van der Waals surface area contributed by atoms with E-state index in [1.807, 2.05) is 36.4 Å². The number of aromatic carboxylic acids is 1. The number of nitrogens with zero attached hydrogens (tertiary/aromatic N) is 2. The van der Waals surface area contributed by atoms with Crippen LogP contribution in [0.5, 0.6) is 0 Å². The van der Waals surface area contributed by atoms with Crippen molar-refractivity contribution in [2.45, 2.75) is 32.5 Å². The molecule has 28 heavy (non-hydrogen) atoms. The average molecular weight is 381 g/mol. The molecule has 1 fully saturated rings. The summed E-state index contributed by atoms with van der Waals surface area (Å²) < 4.78 is 0. The van der Waals surface area contributed by atoms with Gasteiger partial charge in [-0.2, -0.15) is 0 Å². The quantitative estimate of drug-likeness (QED) is 0.803. The minimum Gasteiger partial charge on any atom is -0.478 e. The number of rotatable bonds is 6. The zero-order valence-electron chi connectivity index (χ0n) is 16.3. The Morgan fingerprint density at radius 1 is 1.11 bits per heavy atom. The van der Waals surface area contributed by atoms with E-state index >= 15 is 0 Å². The summed E-state index contributed by atoms with van der Waals surface area (Å²) in [4.78, 5) is 27.8. The Kier molecular flexibility index (Phi) is 6.11. The summed E-state index contributed by atoms with van der Waals surface area (Å²) in [6, 6.07) is 14.9. The number of carboxylic acid groups (broad SMARTS) is 1. The third-order valence-corrected chi connectivity index (χ3v) is 5.39. The van der Waals surface area contributed by atoms with Gasteiger partial charge in [-0.15, -0.1) is 0 Å². The van der Waals surface area contributed by atoms with Crippen molar-refractivity contribution in [2.24, 2.45) is 5.73 Å². The van der Waals surface area contributed by atoms with E-state index in [-0.39, 0.29) is 17.5 Å². The number of carbonyl (C=O) groups excluding carboxylic acids is 1. The van der Waals surface area contributed by atoms with Gasteiger partial charge >= 0.3 is 5.97 Å². The van der Waals surface area contributed by atoms with E-state index in [1.165, 1.54) is 0 Å². The third kappa shape index (κ3) is 4.40. The Labute approximate surface area is 165 Å². The van der Waals surface area contributed by atoms with Crippen LogP contribution in [0, 0.1) is 0 Å². The summed E-state index contributed by atoms with van der Waals surface area (Å²) in [7, 11) is 0. The normalized spacial score (nSPS) is 18.3. The summed E-state index contributed by atoms with van der Waals surface area (Å²) in [5.74, 6) is -1.23. The standard InChI is InChI=1S/C22H27N3O3/c1-15(2)24-11-12-25(20(14-24)21(23)26)13-16-7-9-17(10-8-16)18-5-3-4-6-19(18)22(27)28/h3-10,15,20H,11-14H2,1-2H3,(H2,23,26)(H,27,28)/t20-/m0/s1. The Balaban J connectivity index is 1.76. The van der Waals surface area contributed by atoms with E-state index in [2.05, 4.69) is 23.6 Å². The SMILES string of the molecule is CC(C)N1CCN(Cc2ccc(-c3ccccc3C(=O)O)cc2)[C@H](C(N)=O)C1. The molecule has 1 saturated heterocycles. The van der Waals surface area contributed by atoms with Crippen LogP contribution in [0.3, 0.4) is 0 Å². The lowest BCUT2D eigenvalue weighted by Gasteiger charge is -2.41. The largest absolute Gasteiger partial charge is 0.478 e. The van der Waals surface area contributed by atoms with E-state index in [4.69, 9.17) is 5.73 Å². The number of piperazine rings is 1. The smallest absolute Gasteiger partial charge is 0.336 e. The zero-order chi connectivity index (χ0) is 20.3. The minimum absolute atomic E-state index is 0.286. The maximum Gasteiger partial charge on any atom is 0.336 e. The molecule has 1 amide bonds. The van der Waals surface area contributed by atoms with Gasteiger partial charge in [-0.25, -0.2) is 4.79 Å². The molecule has 6 heteroatoms. The van der Waals surface area contributed by atoms with Crippen molar-refractivity contribution in [1.82, 2.24) is 9.80 Å². The maximum absolute atomic E-state index is 12.0. The molecule has 1 aliphatic rings. The number of primary amides is 1. The topological polar surface area (TPSA) is 86.9 Å². The summed E-state index contributed by atoms with van der Waals surface area (Å²) in [5.41, 5.74) is 8.57. The van der Waals surface area contributed by atoms with Gasteiger partial charge in [0.2, 0.25) is 5.91 Å². The Morgan fingerprint density at radius 2 is 1.79 bits per heavy atom. The number of nitrogens with two attached hydrogens (primary N) is 1. The second-order valence-corrected chi connectivity index (χ2v) is 7.52. The Morgan fingerprint density at radius 3 is 2.39 bits per heavy atom. The van der Waals surface area contributed by atoms with Crippen LogP contribution in [0.2, 0.25) is 0 Å². The van der Waals surface area contributed by atoms with Gasteiger partial charge in [0, 0.05) is 32.2 Å². The van der Waals surface area contributed by atoms with E-state index < -0.39 is 5.97 Å². The fourth-order valence-electron chi connectivity index (χ4n) is 3.72. The van der Waals surface area contributed by atoms with Gasteiger partial charge in [0.1, 0.15) is 6.04 Å². The van der Waals surface area contributed by atoms with E-state index in [1.54, 1.807) is 12.1 Å². The second-order valence-electron chi connectivity index (χ2n) is 7.52. The highest BCUT2D eigenvalue weighted by Gasteiger charge is 2.31. The molecule has 1 heterocycles. The van der Waals surface area contributed by atoms with Gasteiger partial charge in [-0.1, -0.05) is 42.5 Å². The molecule has 2 aromatic carbocycles. The van der Waals surface area contributed by atoms with E-state index in [9.17, 15) is 14.7 Å². The van der Waals surface area contributed by atoms with Crippen LogP contribution < -0.4 is 5.73 Å². The molecule has 0 aliphatic carbocycles. The molecule has 1 aliphatic heterocycles. The number of carbonyl (C=O) groups is 2. The highest BCUT2D eigenvalue weighted by Crippen LogP contribution is 2.25. The summed E-state index contributed by atoms with van der Waals surface area (Å²) in [6.45, 7) is 7.24. The molecule has 0 aromatic heterocycles. The molecule has 1 atom stereocenters. The van der Waals surface area contributed by atoms with Crippen LogP contribution in [0.1, 0.15) is 29.8 Å². The number of carboxylic acids is 1. The fraction of sp³-hybridized carbons (Fsp3) is 0.364. The van der Waals surface area contributed by atoms with Crippen LogP contribution in [0.15, 0.2) is 48.5 Å². The van der Waals surface area contributed by atoms with Gasteiger partial charge in [0.05, 0.1) is 5.56 Å². The second kappa shape index (κ2) is 8.54. The highest BCUT2D eigenvalue weighted by molar-refractivity contribution is 5.96. The van der Waals surface area contributed by atoms with Crippen molar-refractivity contribution in [3.63, 3.8) is 0 Å². The molecule has 3 N–H and O–H groups in total. The molecule has 3 rings (SSSR count). The first-order chi connectivity index (χ1) is 13.4. The van der Waals surface area contributed by atoms with Crippen molar-refractivity contribution < 1.29 is 14.7 Å². The molecule has 0 unspecified atom stereocenters. The lowest BCUT2D eigenvalue weighted by atomic mass is 9.98. The van der Waals surface area contributed by atoms with Crippen molar-refractivity contribution >= 4 is 11.9 Å². The summed E-state index contributed by atoms with van der Waals surface area (Å²) in [6.07, 6.45) is 0. The molecule has 0 bridgehead atoms. The summed E-state index contributed by atoms with van der Waals surface area (Å²) in [5, 5.41) is 9.39.